The summed E-state index contributed by atoms with van der Waals surface area (Å²) in [6.45, 7) is 2.09. The number of carbonyl (C=O) groups is 4. The Hall–Kier alpha value is -5.69. The summed E-state index contributed by atoms with van der Waals surface area (Å²) >= 11 is 0. The number of carboxylic acids is 2. The molecule has 0 bridgehead atoms. The van der Waals surface area contributed by atoms with Gasteiger partial charge in [-0.3, -0.25) is 9.59 Å². The zero-order valence-electron chi connectivity index (χ0n) is 24.2. The normalized spacial score (nSPS) is 10.7. The minimum Gasteiger partial charge on any atom is -0.480 e. The highest BCUT2D eigenvalue weighted by Crippen LogP contribution is 2.24. The van der Waals surface area contributed by atoms with Crippen molar-refractivity contribution in [3.63, 3.8) is 0 Å². The minimum absolute atomic E-state index is 0. The van der Waals surface area contributed by atoms with Gasteiger partial charge in [0.15, 0.2) is 11.6 Å². The smallest absolute Gasteiger partial charge is 0.347 e. The number of guanidine groups is 1. The molecule has 0 saturated heterocycles. The lowest BCUT2D eigenvalue weighted by Gasteiger charge is -2.23. The van der Waals surface area contributed by atoms with Crippen LogP contribution in [0.5, 0.6) is 11.5 Å². The molecule has 6 N–H and O–H groups in total. The zero-order chi connectivity index (χ0) is 32.0. The second-order valence-electron chi connectivity index (χ2n) is 10.1. The molecule has 0 atom stereocenters. The van der Waals surface area contributed by atoms with Crippen LogP contribution >= 0.6 is 12.4 Å². The molecule has 0 saturated carbocycles. The van der Waals surface area contributed by atoms with E-state index in [1.807, 2.05) is 0 Å². The first kappa shape index (κ1) is 33.8. The lowest BCUT2D eigenvalue weighted by atomic mass is 10.1. The third kappa shape index (κ3) is 8.91. The van der Waals surface area contributed by atoms with Crippen LogP contribution in [0.25, 0.3) is 10.9 Å². The molecule has 13 nitrogen and oxygen atoms in total. The summed E-state index contributed by atoms with van der Waals surface area (Å²) in [6.07, 6.45) is 0. The highest BCUT2D eigenvalue weighted by atomic mass is 35.5. The SMILES string of the molecule is CC(C)(Oc1cccc(CN(CC(=O)O)C(=O)c2ccc3cc(OC(=O)c4ccc(N=C(N)N)cc4)ccc3n2)c1)C(=O)O.Cl. The van der Waals surface area contributed by atoms with Crippen molar-refractivity contribution in [1.82, 2.24) is 9.88 Å². The topological polar surface area (TPSA) is 208 Å². The number of halogens is 1. The number of aliphatic carboxylic acids is 2. The number of ether oxygens (including phenoxy) is 2. The van der Waals surface area contributed by atoms with Gasteiger partial charge >= 0.3 is 17.9 Å². The molecule has 0 aliphatic heterocycles. The van der Waals surface area contributed by atoms with E-state index in [9.17, 15) is 29.4 Å². The second-order valence-corrected chi connectivity index (χ2v) is 10.1. The Morgan fingerprint density at radius 2 is 1.62 bits per heavy atom. The van der Waals surface area contributed by atoms with Gasteiger partial charge in [-0.1, -0.05) is 18.2 Å². The van der Waals surface area contributed by atoms with E-state index < -0.39 is 36.0 Å². The van der Waals surface area contributed by atoms with Crippen molar-refractivity contribution < 1.29 is 38.9 Å². The fraction of sp³-hybridized carbons (Fsp3) is 0.161. The fourth-order valence-electron chi connectivity index (χ4n) is 4.06. The number of carbonyl (C=O) groups excluding carboxylic acids is 2. The van der Waals surface area contributed by atoms with Crippen molar-refractivity contribution >= 4 is 58.8 Å². The number of carboxylic acid groups (broad SMARTS) is 2. The number of fused-ring (bicyclic) bond motifs is 1. The van der Waals surface area contributed by atoms with Crippen LogP contribution in [0, 0.1) is 0 Å². The summed E-state index contributed by atoms with van der Waals surface area (Å²) in [7, 11) is 0. The molecule has 0 aliphatic rings. The lowest BCUT2D eigenvalue weighted by molar-refractivity contribution is -0.152. The maximum atomic E-state index is 13.4. The first-order chi connectivity index (χ1) is 20.8. The molecule has 4 aromatic rings. The van der Waals surface area contributed by atoms with Gasteiger partial charge in [-0.25, -0.2) is 19.6 Å². The van der Waals surface area contributed by atoms with Gasteiger partial charge in [0, 0.05) is 11.9 Å². The van der Waals surface area contributed by atoms with Crippen LogP contribution in [0.3, 0.4) is 0 Å². The summed E-state index contributed by atoms with van der Waals surface area (Å²) in [5.41, 5.74) is 10.9. The van der Waals surface area contributed by atoms with E-state index in [1.165, 1.54) is 38.1 Å². The molecular weight excluding hydrogens is 606 g/mol. The molecule has 45 heavy (non-hydrogen) atoms. The van der Waals surface area contributed by atoms with Gasteiger partial charge in [-0.2, -0.15) is 0 Å². The molecule has 0 unspecified atom stereocenters. The van der Waals surface area contributed by atoms with Crippen molar-refractivity contribution in [3.05, 3.63) is 95.7 Å². The number of amides is 1. The largest absolute Gasteiger partial charge is 0.480 e. The van der Waals surface area contributed by atoms with Crippen LogP contribution in [0.1, 0.15) is 40.3 Å². The molecule has 0 aliphatic carbocycles. The van der Waals surface area contributed by atoms with Gasteiger partial charge in [0.25, 0.3) is 5.91 Å². The average Bonchev–Trinajstić information content (AvgIpc) is 2.96. The third-order valence-corrected chi connectivity index (χ3v) is 6.22. The van der Waals surface area contributed by atoms with E-state index in [2.05, 4.69) is 9.98 Å². The fourth-order valence-corrected chi connectivity index (χ4v) is 4.06. The summed E-state index contributed by atoms with van der Waals surface area (Å²) in [5.74, 6) is -3.23. The minimum atomic E-state index is -1.50. The summed E-state index contributed by atoms with van der Waals surface area (Å²) < 4.78 is 11.0. The van der Waals surface area contributed by atoms with Gasteiger partial charge in [0.1, 0.15) is 23.7 Å². The number of esters is 1. The molecule has 0 spiro atoms. The third-order valence-electron chi connectivity index (χ3n) is 6.22. The van der Waals surface area contributed by atoms with Crippen LogP contribution in [-0.4, -0.2) is 62.0 Å². The standard InChI is InChI=1S/C31H29N5O8.ClH/c1-31(2,29(41)42)44-23-5-3-4-18(14-23)16-36(17-26(37)38)27(39)25-12-8-20-15-22(11-13-24(20)35-25)43-28(40)19-6-9-21(10-7-19)34-30(32)33;/h3-15H,16-17H2,1-2H3,(H,37,38)(H,41,42)(H4,32,33,34);1H. The number of hydrogen-bond acceptors (Lipinski definition) is 8. The van der Waals surface area contributed by atoms with Crippen molar-refractivity contribution in [3.8, 4) is 11.5 Å². The summed E-state index contributed by atoms with van der Waals surface area (Å²) in [5, 5.41) is 19.4. The number of nitrogens with two attached hydrogens (primary N) is 2. The quantitative estimate of drug-likeness (QED) is 0.0807. The summed E-state index contributed by atoms with van der Waals surface area (Å²) in [4.78, 5) is 58.4. The molecule has 1 heterocycles. The molecule has 0 fully saturated rings. The highest BCUT2D eigenvalue weighted by Gasteiger charge is 2.29. The van der Waals surface area contributed by atoms with E-state index in [0.717, 1.165) is 4.90 Å². The number of hydrogen-bond donors (Lipinski definition) is 4. The van der Waals surface area contributed by atoms with Crippen molar-refractivity contribution in [2.45, 2.75) is 26.0 Å². The predicted octanol–water partition coefficient (Wildman–Crippen LogP) is 3.75. The summed E-state index contributed by atoms with van der Waals surface area (Å²) in [6, 6.07) is 20.3. The Bertz CT molecular complexity index is 1770. The van der Waals surface area contributed by atoms with E-state index in [4.69, 9.17) is 20.9 Å². The van der Waals surface area contributed by atoms with Crippen molar-refractivity contribution in [1.29, 1.82) is 0 Å². The van der Waals surface area contributed by atoms with Crippen LogP contribution in [0.2, 0.25) is 0 Å². The molecule has 14 heteroatoms. The first-order valence-electron chi connectivity index (χ1n) is 13.2. The molecular formula is C31H30ClN5O8. The van der Waals surface area contributed by atoms with E-state index in [1.54, 1.807) is 54.6 Å². The Morgan fingerprint density at radius 3 is 2.27 bits per heavy atom. The first-order valence-corrected chi connectivity index (χ1v) is 13.2. The maximum absolute atomic E-state index is 13.4. The number of benzene rings is 3. The van der Waals surface area contributed by atoms with Crippen LogP contribution in [-0.2, 0) is 16.1 Å². The Balaban J connectivity index is 0.00000552. The van der Waals surface area contributed by atoms with E-state index in [0.29, 0.717) is 22.2 Å². The molecule has 1 aromatic heterocycles. The second kappa shape index (κ2) is 14.2. The van der Waals surface area contributed by atoms with Crippen molar-refractivity contribution in [2.75, 3.05) is 6.54 Å². The highest BCUT2D eigenvalue weighted by molar-refractivity contribution is 5.97. The number of pyridine rings is 1. The predicted molar refractivity (Wildman–Crippen MR) is 167 cm³/mol. The van der Waals surface area contributed by atoms with Gasteiger partial charge in [-0.05, 0) is 80.1 Å². The molecule has 3 aromatic carbocycles. The number of aliphatic imine (C=N–C) groups is 1. The van der Waals surface area contributed by atoms with Crippen LogP contribution < -0.4 is 20.9 Å². The molecule has 1 amide bonds. The number of aromatic nitrogens is 1. The number of nitrogens with zero attached hydrogens (tertiary/aromatic N) is 3. The maximum Gasteiger partial charge on any atom is 0.347 e. The average molecular weight is 636 g/mol. The molecule has 0 radical (unpaired) electrons. The zero-order valence-corrected chi connectivity index (χ0v) is 25.0. The van der Waals surface area contributed by atoms with Crippen LogP contribution in [0.15, 0.2) is 83.9 Å². The van der Waals surface area contributed by atoms with Gasteiger partial charge < -0.3 is 36.1 Å². The number of rotatable bonds is 11. The van der Waals surface area contributed by atoms with Gasteiger partial charge in [0.05, 0.1) is 16.8 Å². The van der Waals surface area contributed by atoms with Gasteiger partial charge in [0.2, 0.25) is 0 Å². The molecule has 234 valence electrons. The molecule has 4 rings (SSSR count). The van der Waals surface area contributed by atoms with Crippen LogP contribution in [0.4, 0.5) is 5.69 Å². The Morgan fingerprint density at radius 1 is 0.911 bits per heavy atom. The van der Waals surface area contributed by atoms with Crippen molar-refractivity contribution in [2.24, 2.45) is 16.5 Å². The van der Waals surface area contributed by atoms with Gasteiger partial charge in [-0.15, -0.1) is 12.4 Å². The Kier molecular flexibility index (Phi) is 10.7. The van der Waals surface area contributed by atoms with E-state index in [-0.39, 0.29) is 47.7 Å². The monoisotopic (exact) mass is 635 g/mol. The lowest BCUT2D eigenvalue weighted by Crippen LogP contribution is -2.38. The Labute approximate surface area is 263 Å². The van der Waals surface area contributed by atoms with E-state index >= 15 is 0 Å².